The Morgan fingerprint density at radius 2 is 2.43 bits per heavy atom. The average Bonchev–Trinajstić information content (AvgIpc) is 2.32. The van der Waals surface area contributed by atoms with Gasteiger partial charge in [0.1, 0.15) is 0 Å². The lowest BCUT2D eigenvalue weighted by atomic mass is 10.1. The second kappa shape index (κ2) is 3.93. The molecule has 70 valence electrons. The van der Waals surface area contributed by atoms with Crippen LogP contribution in [-0.2, 0) is 0 Å². The van der Waals surface area contributed by atoms with Crippen LogP contribution >= 0.6 is 15.9 Å². The number of hydrogen-bond acceptors (Lipinski definition) is 1. The molecule has 0 atom stereocenters. The largest absolute Gasteiger partial charge is 0.256 e. The molecule has 0 amide bonds. The Bertz CT molecular complexity index is 668. The van der Waals surface area contributed by atoms with Crippen molar-refractivity contribution in [3.63, 3.8) is 0 Å². The zero-order valence-electron chi connectivity index (χ0n) is 13.1. The van der Waals surface area contributed by atoms with Gasteiger partial charge >= 0.3 is 0 Å². The number of rotatable bonds is 1. The SMILES string of the molecule is [2H]c1nc(-c2cccc(Br)c2)c([2H])c(C([2H])([2H])[2H])c1[2H]. The Hall–Kier alpha value is -1.15. The predicted octanol–water partition coefficient (Wildman–Crippen LogP) is 3.82. The zero-order valence-corrected chi connectivity index (χ0v) is 8.72. The molecule has 0 fully saturated rings. The van der Waals surface area contributed by atoms with Crippen LogP contribution in [0.1, 0.15) is 13.8 Å². The number of aromatic nitrogens is 1. The summed E-state index contributed by atoms with van der Waals surface area (Å²) in [7, 11) is 0. The van der Waals surface area contributed by atoms with Crippen molar-refractivity contribution in [3.05, 3.63) is 52.6 Å². The van der Waals surface area contributed by atoms with Crippen molar-refractivity contribution in [3.8, 4) is 11.3 Å². The molecule has 0 aliphatic carbocycles. The molecule has 0 radical (unpaired) electrons. The summed E-state index contributed by atoms with van der Waals surface area (Å²) >= 11 is 3.29. The standard InChI is InChI=1S/C12H10BrN/c1-9-5-6-14-12(7-9)10-3-2-4-11(13)8-10/h2-8H,1H3/i1D3,5D,6D,7D. The fraction of sp³-hybridized carbons (Fsp3) is 0.0833. The smallest absolute Gasteiger partial charge is 0.0840 e. The fourth-order valence-corrected chi connectivity index (χ4v) is 1.49. The molecule has 2 heteroatoms. The van der Waals surface area contributed by atoms with Gasteiger partial charge < -0.3 is 0 Å². The van der Waals surface area contributed by atoms with E-state index in [0.29, 0.717) is 5.56 Å². The average molecular weight is 254 g/mol. The lowest BCUT2D eigenvalue weighted by molar-refractivity contribution is 1.28. The minimum Gasteiger partial charge on any atom is -0.256 e. The van der Waals surface area contributed by atoms with Crippen molar-refractivity contribution in [2.45, 2.75) is 6.85 Å². The molecule has 0 aliphatic heterocycles. The molecular weight excluding hydrogens is 238 g/mol. The van der Waals surface area contributed by atoms with Crippen molar-refractivity contribution in [1.82, 2.24) is 4.98 Å². The third kappa shape index (κ3) is 2.02. The molecule has 1 aromatic heterocycles. The van der Waals surface area contributed by atoms with E-state index >= 15 is 0 Å². The second-order valence-electron chi connectivity index (χ2n) is 2.71. The van der Waals surface area contributed by atoms with E-state index in [1.807, 2.05) is 0 Å². The Morgan fingerprint density at radius 3 is 3.21 bits per heavy atom. The highest BCUT2D eigenvalue weighted by atomic mass is 79.9. The molecule has 1 aromatic carbocycles. The summed E-state index contributed by atoms with van der Waals surface area (Å²) in [5.41, 5.74) is 0.189. The van der Waals surface area contributed by atoms with Crippen LogP contribution in [0.2, 0.25) is 0 Å². The van der Waals surface area contributed by atoms with Crippen LogP contribution < -0.4 is 0 Å². The van der Waals surface area contributed by atoms with Crippen molar-refractivity contribution in [2.75, 3.05) is 0 Å². The van der Waals surface area contributed by atoms with Gasteiger partial charge in [-0.05, 0) is 36.6 Å². The summed E-state index contributed by atoms with van der Waals surface area (Å²) < 4.78 is 46.3. The first-order valence-corrected chi connectivity index (χ1v) is 4.75. The molecule has 1 nitrogen and oxygen atoms in total. The van der Waals surface area contributed by atoms with Crippen LogP contribution in [0, 0.1) is 6.85 Å². The zero-order chi connectivity index (χ0) is 15.1. The molecule has 0 saturated heterocycles. The minimum atomic E-state index is -2.62. The first kappa shape index (κ1) is 4.58. The Morgan fingerprint density at radius 1 is 1.50 bits per heavy atom. The molecule has 1 heterocycles. The first-order valence-electron chi connectivity index (χ1n) is 6.96. The minimum absolute atomic E-state index is 0.0958. The van der Waals surface area contributed by atoms with Gasteiger partial charge in [-0.1, -0.05) is 28.1 Å². The highest BCUT2D eigenvalue weighted by Gasteiger charge is 1.98. The van der Waals surface area contributed by atoms with Gasteiger partial charge in [0.05, 0.1) is 9.81 Å². The molecular formula is C12H10BrN. The summed E-state index contributed by atoms with van der Waals surface area (Å²) in [4.78, 5) is 3.88. The second-order valence-corrected chi connectivity index (χ2v) is 3.62. The fourth-order valence-electron chi connectivity index (χ4n) is 1.09. The van der Waals surface area contributed by atoms with Gasteiger partial charge in [-0.15, -0.1) is 0 Å². The van der Waals surface area contributed by atoms with E-state index in [1.165, 1.54) is 0 Å². The lowest BCUT2D eigenvalue weighted by Crippen LogP contribution is -1.83. The van der Waals surface area contributed by atoms with Gasteiger partial charge in [0.15, 0.2) is 0 Å². The van der Waals surface area contributed by atoms with Crippen molar-refractivity contribution in [1.29, 1.82) is 0 Å². The highest BCUT2D eigenvalue weighted by Crippen LogP contribution is 2.21. The molecule has 2 rings (SSSR count). The number of benzene rings is 1. The topological polar surface area (TPSA) is 12.9 Å². The number of hydrogen-bond donors (Lipinski definition) is 0. The van der Waals surface area contributed by atoms with E-state index in [9.17, 15) is 0 Å². The molecule has 0 unspecified atom stereocenters. The van der Waals surface area contributed by atoms with E-state index in [-0.39, 0.29) is 11.7 Å². The quantitative estimate of drug-likeness (QED) is 0.753. The maximum absolute atomic E-state index is 8.01. The van der Waals surface area contributed by atoms with Crippen LogP contribution in [0.4, 0.5) is 0 Å². The molecule has 0 saturated carbocycles. The van der Waals surface area contributed by atoms with E-state index in [4.69, 9.17) is 8.22 Å². The molecule has 0 spiro atoms. The monoisotopic (exact) mass is 253 g/mol. The highest BCUT2D eigenvalue weighted by molar-refractivity contribution is 9.10. The molecule has 2 aromatic rings. The molecule has 14 heavy (non-hydrogen) atoms. The van der Waals surface area contributed by atoms with E-state index in [2.05, 4.69) is 20.9 Å². The predicted molar refractivity (Wildman–Crippen MR) is 62.1 cm³/mol. The Balaban J connectivity index is 2.76. The van der Waals surface area contributed by atoms with Gasteiger partial charge in [-0.2, -0.15) is 0 Å². The van der Waals surface area contributed by atoms with Gasteiger partial charge in [-0.3, -0.25) is 4.98 Å². The lowest BCUT2D eigenvalue weighted by Gasteiger charge is -2.01. The maximum atomic E-state index is 8.01. The summed E-state index contributed by atoms with van der Waals surface area (Å²) in [6, 6.07) is 6.04. The van der Waals surface area contributed by atoms with E-state index < -0.39 is 24.6 Å². The summed E-state index contributed by atoms with van der Waals surface area (Å²) in [5, 5.41) is 0. The van der Waals surface area contributed by atoms with E-state index in [1.54, 1.807) is 24.3 Å². The first-order chi connectivity index (χ1) is 9.21. The summed E-state index contributed by atoms with van der Waals surface area (Å²) in [6.07, 6.45) is -0.442. The van der Waals surface area contributed by atoms with Crippen LogP contribution in [-0.4, -0.2) is 4.98 Å². The van der Waals surface area contributed by atoms with Gasteiger partial charge in [0.2, 0.25) is 0 Å². The van der Waals surface area contributed by atoms with Crippen molar-refractivity contribution >= 4 is 15.9 Å². The van der Waals surface area contributed by atoms with Crippen LogP contribution in [0.25, 0.3) is 11.3 Å². The van der Waals surface area contributed by atoms with Crippen molar-refractivity contribution in [2.24, 2.45) is 0 Å². The number of pyridine rings is 1. The van der Waals surface area contributed by atoms with Crippen molar-refractivity contribution < 1.29 is 8.22 Å². The summed E-state index contributed by atoms with van der Waals surface area (Å²) in [5.74, 6) is 0. The number of nitrogens with zero attached hydrogens (tertiary/aromatic N) is 1. The number of halogens is 1. The Kier molecular flexibility index (Phi) is 1.28. The third-order valence-electron chi connectivity index (χ3n) is 1.69. The van der Waals surface area contributed by atoms with Crippen LogP contribution in [0.15, 0.2) is 47.0 Å². The van der Waals surface area contributed by atoms with Gasteiger partial charge in [-0.25, -0.2) is 0 Å². The summed E-state index contributed by atoms with van der Waals surface area (Å²) in [6.45, 7) is -2.62. The van der Waals surface area contributed by atoms with Gasteiger partial charge in [0.25, 0.3) is 0 Å². The normalized spacial score (nSPS) is 17.2. The van der Waals surface area contributed by atoms with Crippen LogP contribution in [0.3, 0.4) is 0 Å². The molecule has 0 bridgehead atoms. The van der Waals surface area contributed by atoms with Gasteiger partial charge in [0, 0.05) is 20.3 Å². The Labute approximate surface area is 100 Å². The maximum Gasteiger partial charge on any atom is 0.0840 e. The van der Waals surface area contributed by atoms with Crippen LogP contribution in [0.5, 0.6) is 0 Å². The third-order valence-corrected chi connectivity index (χ3v) is 2.18. The van der Waals surface area contributed by atoms with E-state index in [0.717, 1.165) is 4.47 Å². The molecule has 0 aliphatic rings. The molecule has 0 N–H and O–H groups in total.